The zero-order valence-corrected chi connectivity index (χ0v) is 13.9. The number of carbonyl (C=O) groups is 1. The molecular weight excluding hydrogens is 341 g/mol. The monoisotopic (exact) mass is 360 g/mol. The summed E-state index contributed by atoms with van der Waals surface area (Å²) in [5.41, 5.74) is -1.94. The Kier molecular flexibility index (Phi) is 5.54. The molecule has 0 spiro atoms. The molecule has 1 aromatic rings. The number of esters is 1. The number of carbonyl (C=O) groups excluding carboxylic acids is 1. The minimum atomic E-state index is -4.80. The molecule has 6 nitrogen and oxygen atoms in total. The standard InChI is InChI=1S/C16H19F3N2O4/c1-10(22)25-13-6-3-11(4-7-13)20(2)12-5-8-15(21(23)24)14(9-12)16(17,18)19/h5,8-9,11,13H,3-4,6-7H2,1-2H3. The predicted molar refractivity (Wildman–Crippen MR) is 84.3 cm³/mol. The summed E-state index contributed by atoms with van der Waals surface area (Å²) in [6.07, 6.45) is -2.38. The highest BCUT2D eigenvalue weighted by Crippen LogP contribution is 2.39. The van der Waals surface area contributed by atoms with Crippen LogP contribution in [0.4, 0.5) is 24.5 Å². The molecule has 2 rings (SSSR count). The van der Waals surface area contributed by atoms with E-state index in [9.17, 15) is 28.1 Å². The number of nitro benzene ring substituents is 1. The molecule has 1 aromatic carbocycles. The zero-order valence-electron chi connectivity index (χ0n) is 13.9. The molecule has 0 N–H and O–H groups in total. The van der Waals surface area contributed by atoms with Gasteiger partial charge in [-0.25, -0.2) is 0 Å². The third-order valence-electron chi connectivity index (χ3n) is 4.41. The molecule has 0 aromatic heterocycles. The number of rotatable bonds is 4. The zero-order chi connectivity index (χ0) is 18.8. The van der Waals surface area contributed by atoms with Crippen molar-refractivity contribution in [1.82, 2.24) is 0 Å². The van der Waals surface area contributed by atoms with Crippen LogP contribution < -0.4 is 4.90 Å². The van der Waals surface area contributed by atoms with E-state index < -0.39 is 22.4 Å². The second-order valence-corrected chi connectivity index (χ2v) is 6.11. The first-order valence-electron chi connectivity index (χ1n) is 7.85. The number of hydrogen-bond donors (Lipinski definition) is 0. The Balaban J connectivity index is 2.16. The molecule has 0 unspecified atom stereocenters. The van der Waals surface area contributed by atoms with Gasteiger partial charge in [0, 0.05) is 31.8 Å². The molecule has 0 radical (unpaired) electrons. The summed E-state index contributed by atoms with van der Waals surface area (Å²) in [6, 6.07) is 3.01. The molecule has 9 heteroatoms. The van der Waals surface area contributed by atoms with Crippen molar-refractivity contribution in [2.75, 3.05) is 11.9 Å². The van der Waals surface area contributed by atoms with E-state index in [0.29, 0.717) is 25.7 Å². The predicted octanol–water partition coefficient (Wildman–Crippen LogP) is 3.92. The number of benzene rings is 1. The van der Waals surface area contributed by atoms with Crippen LogP contribution in [-0.4, -0.2) is 30.1 Å². The minimum absolute atomic E-state index is 0.0191. The fourth-order valence-corrected chi connectivity index (χ4v) is 3.13. The lowest BCUT2D eigenvalue weighted by atomic mass is 9.91. The maximum Gasteiger partial charge on any atom is 0.423 e. The first kappa shape index (κ1) is 19.0. The van der Waals surface area contributed by atoms with Gasteiger partial charge in [-0.15, -0.1) is 0 Å². The molecule has 1 saturated carbocycles. The van der Waals surface area contributed by atoms with Gasteiger partial charge in [-0.2, -0.15) is 13.2 Å². The van der Waals surface area contributed by atoms with Crippen molar-refractivity contribution in [2.45, 2.75) is 50.9 Å². The van der Waals surface area contributed by atoms with Crippen LogP contribution >= 0.6 is 0 Å². The number of nitro groups is 1. The Labute approximate surface area is 142 Å². The Hall–Kier alpha value is -2.32. The fourth-order valence-electron chi connectivity index (χ4n) is 3.13. The molecule has 1 aliphatic rings. The van der Waals surface area contributed by atoms with Gasteiger partial charge in [0.15, 0.2) is 0 Å². The highest BCUT2D eigenvalue weighted by molar-refractivity contribution is 5.66. The third kappa shape index (κ3) is 4.61. The summed E-state index contributed by atoms with van der Waals surface area (Å²) in [4.78, 5) is 22.5. The van der Waals surface area contributed by atoms with Crippen LogP contribution in [0.25, 0.3) is 0 Å². The molecule has 0 aliphatic heterocycles. The van der Waals surface area contributed by atoms with Gasteiger partial charge in [-0.1, -0.05) is 0 Å². The molecule has 1 aliphatic carbocycles. The lowest BCUT2D eigenvalue weighted by molar-refractivity contribution is -0.388. The van der Waals surface area contributed by atoms with E-state index in [4.69, 9.17) is 4.74 Å². The molecule has 0 heterocycles. The van der Waals surface area contributed by atoms with Crippen LogP contribution in [0.5, 0.6) is 0 Å². The van der Waals surface area contributed by atoms with Crippen molar-refractivity contribution in [1.29, 1.82) is 0 Å². The van der Waals surface area contributed by atoms with E-state index in [0.717, 1.165) is 12.1 Å². The van der Waals surface area contributed by atoms with Gasteiger partial charge >= 0.3 is 12.1 Å². The van der Waals surface area contributed by atoms with Gasteiger partial charge in [-0.3, -0.25) is 14.9 Å². The van der Waals surface area contributed by atoms with Crippen LogP contribution in [0.15, 0.2) is 18.2 Å². The summed E-state index contributed by atoms with van der Waals surface area (Å²) in [6.45, 7) is 1.34. The largest absolute Gasteiger partial charge is 0.463 e. The van der Waals surface area contributed by atoms with Crippen LogP contribution in [0.1, 0.15) is 38.2 Å². The molecule has 0 atom stereocenters. The first-order chi connectivity index (χ1) is 11.6. The smallest absolute Gasteiger partial charge is 0.423 e. The van der Waals surface area contributed by atoms with Gasteiger partial charge in [0.2, 0.25) is 0 Å². The average Bonchev–Trinajstić information content (AvgIpc) is 2.53. The van der Waals surface area contributed by atoms with Gasteiger partial charge in [0.25, 0.3) is 5.69 Å². The SMILES string of the molecule is CC(=O)OC1CCC(N(C)c2ccc([N+](=O)[O-])c(C(F)(F)F)c2)CC1. The lowest BCUT2D eigenvalue weighted by Gasteiger charge is -2.35. The number of alkyl halides is 3. The quantitative estimate of drug-likeness (QED) is 0.462. The van der Waals surface area contributed by atoms with Gasteiger partial charge in [0.05, 0.1) is 4.92 Å². The molecule has 25 heavy (non-hydrogen) atoms. The lowest BCUT2D eigenvalue weighted by Crippen LogP contribution is -2.37. The Morgan fingerprint density at radius 2 is 1.88 bits per heavy atom. The fraction of sp³-hybridized carbons (Fsp3) is 0.562. The third-order valence-corrected chi connectivity index (χ3v) is 4.41. The van der Waals surface area contributed by atoms with Crippen molar-refractivity contribution in [2.24, 2.45) is 0 Å². The van der Waals surface area contributed by atoms with Crippen molar-refractivity contribution in [3.8, 4) is 0 Å². The molecule has 138 valence electrons. The van der Waals surface area contributed by atoms with Crippen LogP contribution in [0, 0.1) is 10.1 Å². The molecule has 0 bridgehead atoms. The van der Waals surface area contributed by atoms with Crippen molar-refractivity contribution < 1.29 is 27.6 Å². The average molecular weight is 360 g/mol. The molecule has 1 fully saturated rings. The first-order valence-corrected chi connectivity index (χ1v) is 7.85. The van der Waals surface area contributed by atoms with E-state index in [1.165, 1.54) is 13.0 Å². The Bertz CT molecular complexity index is 655. The second kappa shape index (κ2) is 7.28. The molecule has 0 saturated heterocycles. The second-order valence-electron chi connectivity index (χ2n) is 6.11. The molecule has 0 amide bonds. The Morgan fingerprint density at radius 1 is 1.28 bits per heavy atom. The Morgan fingerprint density at radius 3 is 2.36 bits per heavy atom. The van der Waals surface area contributed by atoms with Crippen molar-refractivity contribution in [3.05, 3.63) is 33.9 Å². The topological polar surface area (TPSA) is 72.7 Å². The van der Waals surface area contributed by atoms with E-state index in [-0.39, 0.29) is 23.8 Å². The highest BCUT2D eigenvalue weighted by atomic mass is 19.4. The van der Waals surface area contributed by atoms with Gasteiger partial charge in [0.1, 0.15) is 11.7 Å². The van der Waals surface area contributed by atoms with Crippen LogP contribution in [0.3, 0.4) is 0 Å². The van der Waals surface area contributed by atoms with E-state index in [1.54, 1.807) is 11.9 Å². The number of hydrogen-bond acceptors (Lipinski definition) is 5. The van der Waals surface area contributed by atoms with Crippen LogP contribution in [0.2, 0.25) is 0 Å². The van der Waals surface area contributed by atoms with Crippen molar-refractivity contribution in [3.63, 3.8) is 0 Å². The normalized spacial score (nSPS) is 20.8. The number of anilines is 1. The molecular formula is C16H19F3N2O4. The van der Waals surface area contributed by atoms with E-state index in [1.807, 2.05) is 0 Å². The summed E-state index contributed by atoms with van der Waals surface area (Å²) < 4.78 is 44.4. The number of nitrogens with zero attached hydrogens (tertiary/aromatic N) is 2. The number of halogens is 3. The van der Waals surface area contributed by atoms with E-state index in [2.05, 4.69) is 0 Å². The number of ether oxygens (including phenoxy) is 1. The summed E-state index contributed by atoms with van der Waals surface area (Å²) in [5, 5.41) is 10.8. The van der Waals surface area contributed by atoms with Gasteiger partial charge in [-0.05, 0) is 37.8 Å². The summed E-state index contributed by atoms with van der Waals surface area (Å²) >= 11 is 0. The highest BCUT2D eigenvalue weighted by Gasteiger charge is 2.39. The van der Waals surface area contributed by atoms with Crippen LogP contribution in [-0.2, 0) is 15.7 Å². The maximum atomic E-state index is 13.1. The summed E-state index contributed by atoms with van der Waals surface area (Å²) in [5.74, 6) is -0.345. The minimum Gasteiger partial charge on any atom is -0.463 e. The van der Waals surface area contributed by atoms with Gasteiger partial charge < -0.3 is 9.64 Å². The maximum absolute atomic E-state index is 13.1. The summed E-state index contributed by atoms with van der Waals surface area (Å²) in [7, 11) is 1.66. The van der Waals surface area contributed by atoms with Crippen molar-refractivity contribution >= 4 is 17.3 Å². The van der Waals surface area contributed by atoms with E-state index >= 15 is 0 Å².